The van der Waals surface area contributed by atoms with Crippen molar-refractivity contribution in [3.05, 3.63) is 11.3 Å². The molecule has 0 aromatic heterocycles. The Labute approximate surface area is 61.6 Å². The van der Waals surface area contributed by atoms with E-state index in [2.05, 4.69) is 0 Å². The third-order valence-corrected chi connectivity index (χ3v) is 0.893. The van der Waals surface area contributed by atoms with Crippen LogP contribution in [0.15, 0.2) is 11.3 Å². The number of aliphatic hydroxyl groups excluding tert-OH is 1. The van der Waals surface area contributed by atoms with Gasteiger partial charge in [0.25, 0.3) is 0 Å². The second-order valence-corrected chi connectivity index (χ2v) is 1.67. The second-order valence-electron chi connectivity index (χ2n) is 1.28. The normalized spacial score (nSPS) is 10.8. The molecule has 0 bridgehead atoms. The summed E-state index contributed by atoms with van der Waals surface area (Å²) in [6.45, 7) is 0. The molecule has 0 heterocycles. The summed E-state index contributed by atoms with van der Waals surface area (Å²) in [6, 6.07) is 2.55. The van der Waals surface area contributed by atoms with Gasteiger partial charge in [-0.3, -0.25) is 0 Å². The standard InChI is InChI=1S/C5H2ClFN2O/c6-5(7)4(10)3(1-8)2-9/h5,10H. The van der Waals surface area contributed by atoms with Gasteiger partial charge in [-0.05, 0) is 0 Å². The maximum Gasteiger partial charge on any atom is 0.231 e. The highest BCUT2D eigenvalue weighted by Crippen LogP contribution is 2.11. The minimum absolute atomic E-state index is 0.706. The molecule has 0 rings (SSSR count). The Bertz CT molecular complexity index is 219. The largest absolute Gasteiger partial charge is 0.506 e. The maximum atomic E-state index is 11.9. The van der Waals surface area contributed by atoms with Crippen LogP contribution in [-0.4, -0.2) is 10.7 Å². The summed E-state index contributed by atoms with van der Waals surface area (Å²) in [5.74, 6) is -1.04. The summed E-state index contributed by atoms with van der Waals surface area (Å²) >= 11 is 4.70. The van der Waals surface area contributed by atoms with E-state index in [9.17, 15) is 4.39 Å². The number of nitriles is 2. The van der Waals surface area contributed by atoms with E-state index in [4.69, 9.17) is 27.2 Å². The van der Waals surface area contributed by atoms with E-state index >= 15 is 0 Å². The number of rotatable bonds is 1. The van der Waals surface area contributed by atoms with E-state index in [0.717, 1.165) is 0 Å². The Morgan fingerprint density at radius 1 is 1.50 bits per heavy atom. The predicted octanol–water partition coefficient (Wildman–Crippen LogP) is 1.38. The maximum absolute atomic E-state index is 11.9. The lowest BCUT2D eigenvalue weighted by Gasteiger charge is -1.94. The van der Waals surface area contributed by atoms with Crippen LogP contribution >= 0.6 is 11.6 Å². The van der Waals surface area contributed by atoms with Gasteiger partial charge in [0.15, 0.2) is 11.3 Å². The zero-order valence-corrected chi connectivity index (χ0v) is 5.43. The number of alkyl halides is 2. The fraction of sp³-hybridized carbons (Fsp3) is 0.200. The Balaban J connectivity index is 4.70. The molecule has 0 spiro atoms. The molecule has 0 aliphatic rings. The quantitative estimate of drug-likeness (QED) is 0.358. The molecule has 0 fully saturated rings. The van der Waals surface area contributed by atoms with Gasteiger partial charge in [0.05, 0.1) is 0 Å². The molecule has 52 valence electrons. The van der Waals surface area contributed by atoms with Gasteiger partial charge in [-0.25, -0.2) is 4.39 Å². The summed E-state index contributed by atoms with van der Waals surface area (Å²) < 4.78 is 11.9. The molecule has 0 aliphatic carbocycles. The third-order valence-electron chi connectivity index (χ3n) is 0.686. The second kappa shape index (κ2) is 3.71. The molecular weight excluding hydrogens is 159 g/mol. The van der Waals surface area contributed by atoms with Crippen LogP contribution in [0.25, 0.3) is 0 Å². The molecule has 0 amide bonds. The van der Waals surface area contributed by atoms with E-state index in [-0.39, 0.29) is 0 Å². The molecule has 0 saturated carbocycles. The van der Waals surface area contributed by atoms with Crippen molar-refractivity contribution in [1.29, 1.82) is 10.5 Å². The van der Waals surface area contributed by atoms with Gasteiger partial charge >= 0.3 is 0 Å². The number of nitrogens with zero attached hydrogens (tertiary/aromatic N) is 2. The van der Waals surface area contributed by atoms with Crippen LogP contribution in [0.5, 0.6) is 0 Å². The Morgan fingerprint density at radius 3 is 2.00 bits per heavy atom. The number of aliphatic hydroxyl groups is 1. The van der Waals surface area contributed by atoms with Gasteiger partial charge in [0.1, 0.15) is 12.1 Å². The molecule has 0 aromatic carbocycles. The van der Waals surface area contributed by atoms with Crippen molar-refractivity contribution in [3.63, 3.8) is 0 Å². The van der Waals surface area contributed by atoms with Gasteiger partial charge in [-0.15, -0.1) is 0 Å². The van der Waals surface area contributed by atoms with E-state index in [1.165, 1.54) is 12.1 Å². The van der Waals surface area contributed by atoms with Gasteiger partial charge in [0.2, 0.25) is 5.63 Å². The molecule has 0 aliphatic heterocycles. The summed E-state index contributed by atoms with van der Waals surface area (Å²) in [6.07, 6.45) is 0. The summed E-state index contributed by atoms with van der Waals surface area (Å²) in [5.41, 5.74) is -2.89. The summed E-state index contributed by atoms with van der Waals surface area (Å²) in [5, 5.41) is 24.6. The highest BCUT2D eigenvalue weighted by Gasteiger charge is 2.12. The zero-order chi connectivity index (χ0) is 8.15. The van der Waals surface area contributed by atoms with Crippen molar-refractivity contribution in [2.24, 2.45) is 0 Å². The van der Waals surface area contributed by atoms with Gasteiger partial charge in [-0.1, -0.05) is 11.6 Å². The van der Waals surface area contributed by atoms with Crippen LogP contribution in [0.2, 0.25) is 0 Å². The van der Waals surface area contributed by atoms with E-state index < -0.39 is 17.0 Å². The van der Waals surface area contributed by atoms with Crippen LogP contribution in [0.3, 0.4) is 0 Å². The number of hydrogen-bond donors (Lipinski definition) is 1. The van der Waals surface area contributed by atoms with Gasteiger partial charge in [0, 0.05) is 0 Å². The predicted molar refractivity (Wildman–Crippen MR) is 31.6 cm³/mol. The highest BCUT2D eigenvalue weighted by atomic mass is 35.5. The first kappa shape index (κ1) is 8.74. The molecule has 1 atom stereocenters. The molecule has 1 N–H and O–H groups in total. The Kier molecular flexibility index (Phi) is 3.24. The first-order valence-corrected chi connectivity index (χ1v) is 2.58. The van der Waals surface area contributed by atoms with Crippen LogP contribution in [-0.2, 0) is 0 Å². The lowest BCUT2D eigenvalue weighted by Crippen LogP contribution is -1.97. The molecule has 3 nitrogen and oxygen atoms in total. The molecule has 1 unspecified atom stereocenters. The topological polar surface area (TPSA) is 67.8 Å². The SMILES string of the molecule is N#CC(C#N)=C(O)C(F)Cl. The summed E-state index contributed by atoms with van der Waals surface area (Å²) in [4.78, 5) is 0. The number of hydrogen-bond acceptors (Lipinski definition) is 3. The molecule has 5 heteroatoms. The third kappa shape index (κ3) is 1.93. The first-order valence-electron chi connectivity index (χ1n) is 2.15. The van der Waals surface area contributed by atoms with E-state index in [0.29, 0.717) is 0 Å². The monoisotopic (exact) mass is 160 g/mol. The van der Waals surface area contributed by atoms with Gasteiger partial charge in [-0.2, -0.15) is 10.5 Å². The molecule has 0 radical (unpaired) electrons. The highest BCUT2D eigenvalue weighted by molar-refractivity contribution is 6.21. The Morgan fingerprint density at radius 2 is 1.90 bits per heavy atom. The van der Waals surface area contributed by atoms with Gasteiger partial charge < -0.3 is 5.11 Å². The van der Waals surface area contributed by atoms with Crippen molar-refractivity contribution < 1.29 is 9.50 Å². The van der Waals surface area contributed by atoms with Crippen molar-refractivity contribution in [2.75, 3.05) is 0 Å². The minimum Gasteiger partial charge on any atom is -0.506 e. The molecular formula is C5H2ClFN2O. The average Bonchev–Trinajstić information content (AvgIpc) is 1.90. The van der Waals surface area contributed by atoms with Crippen molar-refractivity contribution >= 4 is 11.6 Å². The van der Waals surface area contributed by atoms with Crippen LogP contribution in [0.1, 0.15) is 0 Å². The smallest absolute Gasteiger partial charge is 0.231 e. The summed E-state index contributed by atoms with van der Waals surface area (Å²) in [7, 11) is 0. The van der Waals surface area contributed by atoms with Crippen LogP contribution < -0.4 is 0 Å². The number of allylic oxidation sites excluding steroid dienone is 2. The fourth-order valence-electron chi connectivity index (χ4n) is 0.249. The van der Waals surface area contributed by atoms with Crippen molar-refractivity contribution in [3.8, 4) is 12.1 Å². The van der Waals surface area contributed by atoms with Crippen LogP contribution in [0, 0.1) is 22.7 Å². The first-order chi connectivity index (χ1) is 4.63. The minimum atomic E-state index is -2.19. The number of halogens is 2. The fourth-order valence-corrected chi connectivity index (χ4v) is 0.358. The van der Waals surface area contributed by atoms with E-state index in [1.54, 1.807) is 0 Å². The molecule has 0 aromatic rings. The molecule has 0 saturated heterocycles. The van der Waals surface area contributed by atoms with Crippen LogP contribution in [0.4, 0.5) is 4.39 Å². The average molecular weight is 161 g/mol. The lowest BCUT2D eigenvalue weighted by atomic mass is 10.3. The zero-order valence-electron chi connectivity index (χ0n) is 4.67. The van der Waals surface area contributed by atoms with Crippen molar-refractivity contribution in [2.45, 2.75) is 5.63 Å². The molecule has 10 heavy (non-hydrogen) atoms. The van der Waals surface area contributed by atoms with Crippen molar-refractivity contribution in [1.82, 2.24) is 0 Å². The van der Waals surface area contributed by atoms with E-state index in [1.807, 2.05) is 0 Å². The Hall–Kier alpha value is -1.26. The lowest BCUT2D eigenvalue weighted by molar-refractivity contribution is 0.317.